The molecule has 16 heteroatoms. The first-order valence-corrected chi connectivity index (χ1v) is 15.1. The number of nitrogens with one attached hydrogen (secondary N) is 1. The van der Waals surface area contributed by atoms with E-state index in [1.54, 1.807) is 6.92 Å². The fourth-order valence-corrected chi connectivity index (χ4v) is 5.08. The van der Waals surface area contributed by atoms with Crippen LogP contribution in [0.25, 0.3) is 22.4 Å². The first-order chi connectivity index (χ1) is 23.5. The van der Waals surface area contributed by atoms with Gasteiger partial charge in [-0.15, -0.1) is 0 Å². The van der Waals surface area contributed by atoms with Gasteiger partial charge in [0.25, 0.3) is 5.91 Å². The van der Waals surface area contributed by atoms with Crippen molar-refractivity contribution in [2.75, 3.05) is 13.2 Å². The fraction of sp³-hybridized carbons (Fsp3) is 0.294. The van der Waals surface area contributed by atoms with Crippen LogP contribution >= 0.6 is 0 Å². The molecule has 2 amide bonds. The zero-order chi connectivity index (χ0) is 36.4. The molecule has 1 aliphatic rings. The third-order valence-corrected chi connectivity index (χ3v) is 7.70. The summed E-state index contributed by atoms with van der Waals surface area (Å²) in [6, 6.07) is 9.37. The summed E-state index contributed by atoms with van der Waals surface area (Å²) in [5, 5.41) is 13.3. The van der Waals surface area contributed by atoms with Crippen LogP contribution in [0, 0.1) is 5.82 Å². The number of hydrogen-bond donors (Lipinski definition) is 3. The molecule has 0 bridgehead atoms. The van der Waals surface area contributed by atoms with E-state index in [9.17, 15) is 45.4 Å². The summed E-state index contributed by atoms with van der Waals surface area (Å²) < 4.78 is 111. The van der Waals surface area contributed by atoms with Gasteiger partial charge in [0.2, 0.25) is 11.5 Å². The lowest BCUT2D eigenvalue weighted by Gasteiger charge is -2.31. The van der Waals surface area contributed by atoms with Gasteiger partial charge in [0.15, 0.2) is 0 Å². The Labute approximate surface area is 280 Å². The van der Waals surface area contributed by atoms with Crippen molar-refractivity contribution in [1.29, 1.82) is 0 Å². The number of aromatic nitrogens is 2. The van der Waals surface area contributed by atoms with Gasteiger partial charge in [-0.1, -0.05) is 0 Å². The van der Waals surface area contributed by atoms with Crippen molar-refractivity contribution in [1.82, 2.24) is 15.3 Å². The molecule has 1 atom stereocenters. The summed E-state index contributed by atoms with van der Waals surface area (Å²) >= 11 is 0. The van der Waals surface area contributed by atoms with E-state index in [4.69, 9.17) is 15.2 Å². The Bertz CT molecular complexity index is 1900. The zero-order valence-corrected chi connectivity index (χ0v) is 26.2. The Hall–Kier alpha value is -5.25. The number of carbonyl (C=O) groups is 2. The molecule has 9 nitrogen and oxygen atoms in total. The predicted octanol–water partition coefficient (Wildman–Crippen LogP) is 6.12. The normalized spacial score (nSPS) is 14.5. The first kappa shape index (κ1) is 36.0. The Kier molecular flexibility index (Phi) is 10.0. The maximum Gasteiger partial charge on any atom is 0.424 e. The molecule has 0 unspecified atom stereocenters. The molecule has 0 spiro atoms. The number of amides is 2. The molecule has 264 valence electrons. The number of pyridine rings is 2. The van der Waals surface area contributed by atoms with E-state index in [2.05, 4.69) is 9.97 Å². The average molecular weight is 707 g/mol. The number of alkyl halides is 6. The number of nitrogens with zero attached hydrogens (tertiary/aromatic N) is 2. The minimum Gasteiger partial charge on any atom is -0.491 e. The molecule has 1 aliphatic carbocycles. The van der Waals surface area contributed by atoms with E-state index < -0.39 is 59.8 Å². The zero-order valence-electron chi connectivity index (χ0n) is 26.2. The first-order valence-electron chi connectivity index (χ1n) is 15.1. The lowest BCUT2D eigenvalue weighted by Crippen LogP contribution is -2.51. The number of carbonyl (C=O) groups excluding carboxylic acids is 2. The van der Waals surface area contributed by atoms with E-state index in [-0.39, 0.29) is 57.7 Å². The maximum atomic E-state index is 14.7. The fourth-order valence-electron chi connectivity index (χ4n) is 5.08. The molecule has 0 aliphatic heterocycles. The van der Waals surface area contributed by atoms with E-state index in [0.29, 0.717) is 12.8 Å². The molecule has 50 heavy (non-hydrogen) atoms. The number of benzene rings is 2. The van der Waals surface area contributed by atoms with Gasteiger partial charge in [-0.2, -0.15) is 26.3 Å². The SMILES string of the molecule is CCOc1c(CC(N)=O)cc([C@@](O)(CNC(=O)c2ccc(-c3cnccc3C(F)(F)F)c(OC3CC3)c2)C(F)(F)F)nc1-c1ccc(F)cc1. The molecule has 2 aromatic carbocycles. The lowest BCUT2D eigenvalue weighted by atomic mass is 9.93. The number of primary amides is 1. The quantitative estimate of drug-likeness (QED) is 0.151. The molecular weight excluding hydrogens is 677 g/mol. The average Bonchev–Trinajstić information content (AvgIpc) is 3.87. The summed E-state index contributed by atoms with van der Waals surface area (Å²) in [5.41, 5.74) is -1.56. The van der Waals surface area contributed by atoms with Gasteiger partial charge in [0.05, 0.1) is 36.9 Å². The van der Waals surface area contributed by atoms with Crippen molar-refractivity contribution in [2.45, 2.75) is 50.2 Å². The minimum absolute atomic E-state index is 0.00980. The second-order valence-electron chi connectivity index (χ2n) is 11.4. The monoisotopic (exact) mass is 706 g/mol. The molecule has 0 saturated heterocycles. The smallest absolute Gasteiger partial charge is 0.424 e. The van der Waals surface area contributed by atoms with Gasteiger partial charge < -0.3 is 25.6 Å². The van der Waals surface area contributed by atoms with Crippen LogP contribution in [-0.2, 0) is 23.0 Å². The summed E-state index contributed by atoms with van der Waals surface area (Å²) in [4.78, 5) is 33.0. The van der Waals surface area contributed by atoms with Crippen molar-refractivity contribution < 1.29 is 54.9 Å². The summed E-state index contributed by atoms with van der Waals surface area (Å²) in [6.45, 7) is 0.0678. The standard InChI is InChI=1S/C34H29F7N4O5/c1-2-49-30-20(15-28(42)46)14-27(45-29(30)18-3-6-21(35)7-4-18)32(48,34(39,40)41)17-44-31(47)19-5-10-23(26(13-19)50-22-8-9-22)24-16-43-12-11-25(24)33(36,37)38/h3-7,10-14,16,22,48H,2,8-9,15,17H2,1H3,(H2,42,46)(H,44,47)/t32-/m0/s1. The van der Waals surface area contributed by atoms with Gasteiger partial charge >= 0.3 is 12.4 Å². The van der Waals surface area contributed by atoms with E-state index in [0.717, 1.165) is 54.9 Å². The minimum atomic E-state index is -5.47. The van der Waals surface area contributed by atoms with Gasteiger partial charge in [-0.05, 0) is 74.4 Å². The van der Waals surface area contributed by atoms with Crippen LogP contribution in [-0.4, -0.2) is 52.3 Å². The van der Waals surface area contributed by atoms with Crippen molar-refractivity contribution >= 4 is 11.8 Å². The van der Waals surface area contributed by atoms with Crippen LogP contribution in [0.4, 0.5) is 30.7 Å². The van der Waals surface area contributed by atoms with Gasteiger partial charge in [0, 0.05) is 40.2 Å². The summed E-state index contributed by atoms with van der Waals surface area (Å²) in [5.74, 6) is -2.99. The lowest BCUT2D eigenvalue weighted by molar-refractivity contribution is -0.265. The molecule has 0 radical (unpaired) electrons. The van der Waals surface area contributed by atoms with Gasteiger partial charge in [-0.3, -0.25) is 14.6 Å². The van der Waals surface area contributed by atoms with Crippen molar-refractivity contribution in [3.05, 3.63) is 95.2 Å². The molecule has 1 saturated carbocycles. The highest BCUT2D eigenvalue weighted by Gasteiger charge is 2.57. The van der Waals surface area contributed by atoms with Crippen LogP contribution in [0.3, 0.4) is 0 Å². The molecular formula is C34H29F7N4O5. The van der Waals surface area contributed by atoms with Crippen molar-refractivity contribution in [3.8, 4) is 33.9 Å². The maximum absolute atomic E-state index is 14.7. The Morgan fingerprint density at radius 1 is 1.00 bits per heavy atom. The van der Waals surface area contributed by atoms with Crippen LogP contribution in [0.2, 0.25) is 0 Å². The third-order valence-electron chi connectivity index (χ3n) is 7.70. The van der Waals surface area contributed by atoms with E-state index in [1.165, 1.54) is 12.1 Å². The number of ether oxygens (including phenoxy) is 2. The third kappa shape index (κ3) is 7.80. The highest BCUT2D eigenvalue weighted by Crippen LogP contribution is 2.44. The number of halogens is 7. The Balaban J connectivity index is 1.53. The van der Waals surface area contributed by atoms with Crippen molar-refractivity contribution in [3.63, 3.8) is 0 Å². The molecule has 5 rings (SSSR count). The molecule has 4 aromatic rings. The predicted molar refractivity (Wildman–Crippen MR) is 164 cm³/mol. The highest BCUT2D eigenvalue weighted by atomic mass is 19.4. The topological polar surface area (TPSA) is 137 Å². The van der Waals surface area contributed by atoms with Crippen LogP contribution < -0.4 is 20.5 Å². The number of rotatable bonds is 12. The number of hydrogen-bond acceptors (Lipinski definition) is 7. The van der Waals surface area contributed by atoms with Crippen LogP contribution in [0.1, 0.15) is 46.9 Å². The molecule has 2 aromatic heterocycles. The van der Waals surface area contributed by atoms with E-state index in [1.807, 2.05) is 5.32 Å². The van der Waals surface area contributed by atoms with Gasteiger partial charge in [-0.25, -0.2) is 9.37 Å². The Morgan fingerprint density at radius 3 is 2.30 bits per heavy atom. The van der Waals surface area contributed by atoms with Crippen LogP contribution in [0.15, 0.2) is 67.0 Å². The second kappa shape index (κ2) is 13.9. The largest absolute Gasteiger partial charge is 0.491 e. The molecule has 4 N–H and O–H groups in total. The summed E-state index contributed by atoms with van der Waals surface area (Å²) in [7, 11) is 0. The highest BCUT2D eigenvalue weighted by molar-refractivity contribution is 5.96. The number of aliphatic hydroxyl groups is 1. The second-order valence-corrected chi connectivity index (χ2v) is 11.4. The van der Waals surface area contributed by atoms with Gasteiger partial charge in [0.1, 0.15) is 23.0 Å². The number of nitrogens with two attached hydrogens (primary N) is 1. The Morgan fingerprint density at radius 2 is 1.70 bits per heavy atom. The summed E-state index contributed by atoms with van der Waals surface area (Å²) in [6.07, 6.45) is -8.04. The molecule has 1 fully saturated rings. The van der Waals surface area contributed by atoms with E-state index >= 15 is 0 Å². The molecule has 2 heterocycles. The van der Waals surface area contributed by atoms with Crippen molar-refractivity contribution in [2.24, 2.45) is 5.73 Å². The van der Waals surface area contributed by atoms with Crippen LogP contribution in [0.5, 0.6) is 11.5 Å².